The monoisotopic (exact) mass is 534 g/mol. The molecule has 3 aliphatic rings. The SMILES string of the molecule is C=CC(=O)N1CCN(c2nc(OCC3CCCC3)nc3c2CN(Cc2c(F)cccc2OC)C3)C[C@@H]1CC#N. The molecular weight excluding hydrogens is 499 g/mol. The lowest BCUT2D eigenvalue weighted by atomic mass is 10.1. The van der Waals surface area contributed by atoms with E-state index in [1.165, 1.54) is 25.0 Å². The minimum absolute atomic E-state index is 0.173. The van der Waals surface area contributed by atoms with E-state index < -0.39 is 0 Å². The lowest BCUT2D eigenvalue weighted by molar-refractivity contribution is -0.128. The van der Waals surface area contributed by atoms with Crippen molar-refractivity contribution in [3.05, 3.63) is 53.5 Å². The Morgan fingerprint density at radius 2 is 2.08 bits per heavy atom. The highest BCUT2D eigenvalue weighted by molar-refractivity contribution is 5.87. The van der Waals surface area contributed by atoms with Gasteiger partial charge < -0.3 is 19.3 Å². The van der Waals surface area contributed by atoms with E-state index in [1.807, 2.05) is 0 Å². The Morgan fingerprint density at radius 1 is 1.26 bits per heavy atom. The van der Waals surface area contributed by atoms with Crippen molar-refractivity contribution in [1.82, 2.24) is 19.8 Å². The van der Waals surface area contributed by atoms with Gasteiger partial charge in [0.2, 0.25) is 5.91 Å². The Bertz CT molecular complexity index is 1260. The van der Waals surface area contributed by atoms with E-state index >= 15 is 0 Å². The summed E-state index contributed by atoms with van der Waals surface area (Å²) in [5.74, 6) is 1.31. The molecule has 2 aromatic rings. The summed E-state index contributed by atoms with van der Waals surface area (Å²) in [6.07, 6.45) is 6.29. The molecule has 10 heteroatoms. The number of nitrogens with zero attached hydrogens (tertiary/aromatic N) is 6. The van der Waals surface area contributed by atoms with Crippen LogP contribution in [0, 0.1) is 23.1 Å². The molecule has 1 amide bonds. The summed E-state index contributed by atoms with van der Waals surface area (Å²) < 4.78 is 26.3. The number of ether oxygens (including phenoxy) is 2. The van der Waals surface area contributed by atoms with Crippen LogP contribution in [0.5, 0.6) is 11.8 Å². The van der Waals surface area contributed by atoms with Crippen LogP contribution in [-0.4, -0.2) is 65.1 Å². The number of fused-ring (bicyclic) bond motifs is 1. The number of amides is 1. The fourth-order valence-electron chi connectivity index (χ4n) is 5.93. The summed E-state index contributed by atoms with van der Waals surface area (Å²) in [7, 11) is 1.54. The molecule has 0 radical (unpaired) electrons. The molecule has 39 heavy (non-hydrogen) atoms. The molecule has 206 valence electrons. The molecule has 2 aliphatic heterocycles. The Hall–Kier alpha value is -3.71. The molecule has 2 fully saturated rings. The third-order valence-electron chi connectivity index (χ3n) is 7.97. The van der Waals surface area contributed by atoms with E-state index in [0.717, 1.165) is 29.9 Å². The second-order valence-corrected chi connectivity index (χ2v) is 10.5. The van der Waals surface area contributed by atoms with E-state index in [0.29, 0.717) is 69.1 Å². The number of piperazine rings is 1. The summed E-state index contributed by atoms with van der Waals surface area (Å²) in [5, 5.41) is 9.43. The van der Waals surface area contributed by atoms with Crippen LogP contribution in [-0.2, 0) is 24.4 Å². The zero-order valence-corrected chi connectivity index (χ0v) is 22.4. The van der Waals surface area contributed by atoms with Gasteiger partial charge in [0.1, 0.15) is 17.4 Å². The molecule has 9 nitrogen and oxygen atoms in total. The minimum atomic E-state index is -0.306. The maximum atomic E-state index is 14.7. The average Bonchev–Trinajstić information content (AvgIpc) is 3.62. The van der Waals surface area contributed by atoms with Crippen molar-refractivity contribution in [2.75, 3.05) is 38.3 Å². The first-order chi connectivity index (χ1) is 19.0. The van der Waals surface area contributed by atoms with E-state index in [-0.39, 0.29) is 24.2 Å². The van der Waals surface area contributed by atoms with Gasteiger partial charge in [-0.05, 0) is 37.0 Å². The fraction of sp³-hybridized carbons (Fsp3) is 0.517. The number of hydrogen-bond donors (Lipinski definition) is 0. The van der Waals surface area contributed by atoms with Crippen molar-refractivity contribution >= 4 is 11.7 Å². The molecule has 1 atom stereocenters. The largest absolute Gasteiger partial charge is 0.496 e. The summed E-state index contributed by atoms with van der Waals surface area (Å²) in [6, 6.07) is 7.14. The summed E-state index contributed by atoms with van der Waals surface area (Å²) in [6.45, 7) is 7.13. The van der Waals surface area contributed by atoms with Crippen molar-refractivity contribution in [3.63, 3.8) is 0 Å². The zero-order valence-electron chi connectivity index (χ0n) is 22.4. The molecule has 1 aliphatic carbocycles. The Labute approximate surface area is 228 Å². The van der Waals surface area contributed by atoms with Gasteiger partial charge in [-0.25, -0.2) is 4.39 Å². The van der Waals surface area contributed by atoms with Gasteiger partial charge in [0.15, 0.2) is 0 Å². The number of nitriles is 1. The number of rotatable bonds is 9. The third kappa shape index (κ3) is 5.83. The van der Waals surface area contributed by atoms with Crippen LogP contribution in [0.4, 0.5) is 10.2 Å². The predicted octanol–water partition coefficient (Wildman–Crippen LogP) is 3.83. The van der Waals surface area contributed by atoms with Crippen molar-refractivity contribution in [1.29, 1.82) is 5.26 Å². The van der Waals surface area contributed by atoms with Crippen molar-refractivity contribution in [2.24, 2.45) is 5.92 Å². The van der Waals surface area contributed by atoms with Crippen molar-refractivity contribution in [2.45, 2.75) is 57.8 Å². The molecule has 1 saturated carbocycles. The lowest BCUT2D eigenvalue weighted by Crippen LogP contribution is -2.55. The maximum Gasteiger partial charge on any atom is 0.318 e. The molecule has 1 aromatic heterocycles. The van der Waals surface area contributed by atoms with Gasteiger partial charge in [0.25, 0.3) is 0 Å². The van der Waals surface area contributed by atoms with Crippen LogP contribution in [0.15, 0.2) is 30.9 Å². The number of benzene rings is 1. The van der Waals surface area contributed by atoms with Gasteiger partial charge in [-0.3, -0.25) is 9.69 Å². The Balaban J connectivity index is 1.42. The molecule has 0 unspecified atom stereocenters. The molecule has 3 heterocycles. The zero-order chi connectivity index (χ0) is 27.4. The molecule has 5 rings (SSSR count). The van der Waals surface area contributed by atoms with E-state index in [1.54, 1.807) is 24.1 Å². The third-order valence-corrected chi connectivity index (χ3v) is 7.97. The van der Waals surface area contributed by atoms with Crippen LogP contribution < -0.4 is 14.4 Å². The van der Waals surface area contributed by atoms with Gasteiger partial charge in [0, 0.05) is 50.4 Å². The van der Waals surface area contributed by atoms with Crippen LogP contribution in [0.1, 0.15) is 48.9 Å². The second-order valence-electron chi connectivity index (χ2n) is 10.5. The topological polar surface area (TPSA) is 94.8 Å². The molecular formula is C29H35FN6O3. The molecule has 0 bridgehead atoms. The first kappa shape index (κ1) is 26.9. The summed E-state index contributed by atoms with van der Waals surface area (Å²) >= 11 is 0. The normalized spacial score (nSPS) is 19.6. The highest BCUT2D eigenvalue weighted by atomic mass is 19.1. The van der Waals surface area contributed by atoms with E-state index in [9.17, 15) is 14.4 Å². The molecule has 0 N–H and O–H groups in total. The van der Waals surface area contributed by atoms with E-state index in [4.69, 9.17) is 19.4 Å². The first-order valence-electron chi connectivity index (χ1n) is 13.6. The molecule has 1 saturated heterocycles. The van der Waals surface area contributed by atoms with Crippen LogP contribution in [0.25, 0.3) is 0 Å². The number of anilines is 1. The number of carbonyl (C=O) groups is 1. The van der Waals surface area contributed by atoms with Crippen molar-refractivity contribution < 1.29 is 18.7 Å². The number of aromatic nitrogens is 2. The van der Waals surface area contributed by atoms with Gasteiger partial charge >= 0.3 is 6.01 Å². The second kappa shape index (κ2) is 12.0. The minimum Gasteiger partial charge on any atom is -0.496 e. The van der Waals surface area contributed by atoms with Crippen LogP contribution >= 0.6 is 0 Å². The van der Waals surface area contributed by atoms with E-state index in [2.05, 4.69) is 22.4 Å². The first-order valence-corrected chi connectivity index (χ1v) is 13.6. The van der Waals surface area contributed by atoms with Gasteiger partial charge in [0.05, 0.1) is 37.9 Å². The van der Waals surface area contributed by atoms with Crippen molar-refractivity contribution in [3.8, 4) is 17.8 Å². The van der Waals surface area contributed by atoms with Gasteiger partial charge in [-0.2, -0.15) is 15.2 Å². The fourth-order valence-corrected chi connectivity index (χ4v) is 5.93. The Kier molecular flexibility index (Phi) is 8.27. The number of carbonyl (C=O) groups excluding carboxylic acids is 1. The average molecular weight is 535 g/mol. The quantitative estimate of drug-likeness (QED) is 0.448. The van der Waals surface area contributed by atoms with Gasteiger partial charge in [-0.15, -0.1) is 0 Å². The highest BCUT2D eigenvalue weighted by Gasteiger charge is 2.34. The summed E-state index contributed by atoms with van der Waals surface area (Å²) in [5.41, 5.74) is 2.33. The summed E-state index contributed by atoms with van der Waals surface area (Å²) in [4.78, 5) is 28.0. The van der Waals surface area contributed by atoms with Crippen LogP contribution in [0.2, 0.25) is 0 Å². The van der Waals surface area contributed by atoms with Crippen LogP contribution in [0.3, 0.4) is 0 Å². The standard InChI is InChI=1S/C29H35FN6O3/c1-3-27(37)36-14-13-35(15-21(36)11-12-31)28-23-17-34(16-22-24(30)9-6-10-26(22)38-2)18-25(23)32-29(33-28)39-19-20-7-4-5-8-20/h3,6,9-10,20-21H,1,4-5,7-8,11,13-19H2,2H3/t21-/m0/s1. The Morgan fingerprint density at radius 3 is 2.82 bits per heavy atom. The molecule has 1 aromatic carbocycles. The number of methoxy groups -OCH3 is 1. The highest BCUT2D eigenvalue weighted by Crippen LogP contribution is 2.35. The molecule has 0 spiro atoms. The maximum absolute atomic E-state index is 14.7. The lowest BCUT2D eigenvalue weighted by Gasteiger charge is -2.41. The number of halogens is 1. The van der Waals surface area contributed by atoms with Gasteiger partial charge in [-0.1, -0.05) is 25.5 Å². The smallest absolute Gasteiger partial charge is 0.318 e. The number of hydrogen-bond acceptors (Lipinski definition) is 8. The predicted molar refractivity (Wildman–Crippen MR) is 144 cm³/mol.